The quantitative estimate of drug-likeness (QED) is 0.286. The van der Waals surface area contributed by atoms with Gasteiger partial charge in [-0.25, -0.2) is 9.59 Å². The van der Waals surface area contributed by atoms with E-state index in [-0.39, 0.29) is 0 Å². The van der Waals surface area contributed by atoms with Gasteiger partial charge in [-0.2, -0.15) is 0 Å². The fraction of sp³-hybridized carbons (Fsp3) is 0.333. The van der Waals surface area contributed by atoms with Crippen LogP contribution in [0, 0.1) is 0 Å². The lowest BCUT2D eigenvalue weighted by Gasteiger charge is -2.01. The second-order valence-electron chi connectivity index (χ2n) is 1.64. The number of nitrogens with two attached hydrogens (primary N) is 2. The summed E-state index contributed by atoms with van der Waals surface area (Å²) < 4.78 is 4.20. The normalized spacial score (nSPS) is 10.2. The molecular weight excluding hydrogens is 164 g/mol. The van der Waals surface area contributed by atoms with Gasteiger partial charge in [0.1, 0.15) is 0 Å². The van der Waals surface area contributed by atoms with Gasteiger partial charge in [0.2, 0.25) is 0 Å². The molecule has 0 aromatic carbocycles. The van der Waals surface area contributed by atoms with E-state index in [1.807, 2.05) is 0 Å². The second kappa shape index (κ2) is 7.55. The van der Waals surface area contributed by atoms with E-state index in [1.54, 1.807) is 0 Å². The SMILES string of the molecule is C=CC(=O)OC(C)O.NC(N)=O. The maximum Gasteiger partial charge on any atom is 0.332 e. The van der Waals surface area contributed by atoms with Crippen molar-refractivity contribution in [2.24, 2.45) is 11.5 Å². The molecule has 0 aliphatic carbocycles. The molecule has 0 aromatic rings. The van der Waals surface area contributed by atoms with Gasteiger partial charge in [0, 0.05) is 6.08 Å². The molecule has 1 atom stereocenters. The Morgan fingerprint density at radius 3 is 2.00 bits per heavy atom. The lowest BCUT2D eigenvalue weighted by atomic mass is 10.6. The highest BCUT2D eigenvalue weighted by atomic mass is 16.6. The second-order valence-corrected chi connectivity index (χ2v) is 1.64. The summed E-state index contributed by atoms with van der Waals surface area (Å²) in [7, 11) is 0. The Labute approximate surface area is 69.8 Å². The van der Waals surface area contributed by atoms with E-state index in [4.69, 9.17) is 9.90 Å². The number of carbonyl (C=O) groups is 2. The third kappa shape index (κ3) is 23.7. The highest BCUT2D eigenvalue weighted by molar-refractivity contribution is 5.81. The summed E-state index contributed by atoms with van der Waals surface area (Å²) in [6.07, 6.45) is -0.0484. The van der Waals surface area contributed by atoms with Gasteiger partial charge in [-0.05, 0) is 6.92 Å². The molecule has 0 aliphatic rings. The van der Waals surface area contributed by atoms with Crippen molar-refractivity contribution >= 4 is 12.0 Å². The highest BCUT2D eigenvalue weighted by Crippen LogP contribution is 1.84. The number of ether oxygens (including phenoxy) is 1. The first kappa shape index (κ1) is 13.1. The smallest absolute Gasteiger partial charge is 0.332 e. The topological polar surface area (TPSA) is 116 Å². The summed E-state index contributed by atoms with van der Waals surface area (Å²) in [5.74, 6) is -0.611. The van der Waals surface area contributed by atoms with Crippen LogP contribution in [0.3, 0.4) is 0 Å². The number of primary amides is 2. The predicted molar refractivity (Wildman–Crippen MR) is 41.7 cm³/mol. The largest absolute Gasteiger partial charge is 0.433 e. The van der Waals surface area contributed by atoms with Crippen molar-refractivity contribution in [2.45, 2.75) is 13.2 Å². The fourth-order valence-electron chi connectivity index (χ4n) is 0.216. The number of aliphatic hydroxyl groups is 1. The van der Waals surface area contributed by atoms with Crippen molar-refractivity contribution in [2.75, 3.05) is 0 Å². The zero-order chi connectivity index (χ0) is 10.1. The number of hydrogen-bond donors (Lipinski definition) is 3. The minimum absolute atomic E-state index is 0.611. The van der Waals surface area contributed by atoms with Crippen molar-refractivity contribution in [1.29, 1.82) is 0 Å². The Hall–Kier alpha value is -1.56. The van der Waals surface area contributed by atoms with Crippen LogP contribution in [0.2, 0.25) is 0 Å². The number of amides is 2. The molecule has 0 aromatic heterocycles. The molecular formula is C6H12N2O4. The predicted octanol–water partition coefficient (Wildman–Crippen LogP) is -0.922. The first-order valence-corrected chi connectivity index (χ1v) is 2.96. The van der Waals surface area contributed by atoms with Gasteiger partial charge in [-0.15, -0.1) is 0 Å². The lowest BCUT2D eigenvalue weighted by Crippen LogP contribution is -2.18. The molecule has 6 heteroatoms. The van der Waals surface area contributed by atoms with Gasteiger partial charge in [-0.3, -0.25) is 0 Å². The maximum absolute atomic E-state index is 10.1. The number of urea groups is 1. The van der Waals surface area contributed by atoms with E-state index in [1.165, 1.54) is 6.92 Å². The Kier molecular flexibility index (Phi) is 8.21. The molecule has 0 saturated carbocycles. The van der Waals surface area contributed by atoms with E-state index >= 15 is 0 Å². The molecule has 0 heterocycles. The van der Waals surface area contributed by atoms with Crippen LogP contribution in [0.15, 0.2) is 12.7 Å². The van der Waals surface area contributed by atoms with Gasteiger partial charge in [0.15, 0.2) is 6.29 Å². The summed E-state index contributed by atoms with van der Waals surface area (Å²) in [5, 5.41) is 8.36. The van der Waals surface area contributed by atoms with Crippen LogP contribution in [0.4, 0.5) is 4.79 Å². The number of rotatable bonds is 2. The summed E-state index contributed by atoms with van der Waals surface area (Å²) in [6, 6.07) is -0.833. The molecule has 2 amide bonds. The Morgan fingerprint density at radius 1 is 1.58 bits per heavy atom. The van der Waals surface area contributed by atoms with Gasteiger partial charge < -0.3 is 21.3 Å². The number of aliphatic hydroxyl groups excluding tert-OH is 1. The number of esters is 1. The molecule has 0 bridgehead atoms. The van der Waals surface area contributed by atoms with Crippen LogP contribution in [-0.4, -0.2) is 23.4 Å². The summed E-state index contributed by atoms with van der Waals surface area (Å²) >= 11 is 0. The molecule has 0 rings (SSSR count). The highest BCUT2D eigenvalue weighted by Gasteiger charge is 1.97. The lowest BCUT2D eigenvalue weighted by molar-refractivity contribution is -0.158. The molecule has 0 spiro atoms. The number of carbonyl (C=O) groups excluding carboxylic acids is 2. The van der Waals surface area contributed by atoms with Gasteiger partial charge in [0.25, 0.3) is 0 Å². The Bertz CT molecular complexity index is 163. The fourth-order valence-corrected chi connectivity index (χ4v) is 0.216. The standard InChI is InChI=1S/C5H8O3.CH4N2O/c1-3-5(7)8-4(2)6;2-1(3)4/h3-4,6H,1H2,2H3;(H4,2,3,4). The minimum atomic E-state index is -1.04. The monoisotopic (exact) mass is 176 g/mol. The molecule has 5 N–H and O–H groups in total. The van der Waals surface area contributed by atoms with Crippen LogP contribution < -0.4 is 11.5 Å². The van der Waals surface area contributed by atoms with Crippen molar-refractivity contribution in [1.82, 2.24) is 0 Å². The maximum atomic E-state index is 10.1. The van der Waals surface area contributed by atoms with Crippen LogP contribution in [0.5, 0.6) is 0 Å². The third-order valence-corrected chi connectivity index (χ3v) is 0.453. The molecule has 6 nitrogen and oxygen atoms in total. The van der Waals surface area contributed by atoms with Gasteiger partial charge in [0.05, 0.1) is 0 Å². The third-order valence-electron chi connectivity index (χ3n) is 0.453. The van der Waals surface area contributed by atoms with Crippen LogP contribution in [0.1, 0.15) is 6.92 Å². The van der Waals surface area contributed by atoms with Gasteiger partial charge >= 0.3 is 12.0 Å². The molecule has 12 heavy (non-hydrogen) atoms. The first-order chi connectivity index (χ1) is 5.40. The van der Waals surface area contributed by atoms with Crippen LogP contribution in [-0.2, 0) is 9.53 Å². The minimum Gasteiger partial charge on any atom is -0.433 e. The van der Waals surface area contributed by atoms with Crippen molar-refractivity contribution in [3.05, 3.63) is 12.7 Å². The molecule has 0 radical (unpaired) electrons. The number of hydrogen-bond acceptors (Lipinski definition) is 4. The Morgan fingerprint density at radius 2 is 1.92 bits per heavy atom. The first-order valence-electron chi connectivity index (χ1n) is 2.96. The Balaban J connectivity index is 0. The van der Waals surface area contributed by atoms with E-state index in [0.29, 0.717) is 0 Å². The molecule has 0 aliphatic heterocycles. The molecule has 0 saturated heterocycles. The van der Waals surface area contributed by atoms with E-state index in [2.05, 4.69) is 22.8 Å². The summed E-state index contributed by atoms with van der Waals surface area (Å²) in [4.78, 5) is 19.1. The average Bonchev–Trinajstić information content (AvgIpc) is 1.84. The summed E-state index contributed by atoms with van der Waals surface area (Å²) in [6.45, 7) is 4.48. The van der Waals surface area contributed by atoms with Crippen LogP contribution >= 0.6 is 0 Å². The van der Waals surface area contributed by atoms with Crippen molar-refractivity contribution in [3.63, 3.8) is 0 Å². The van der Waals surface area contributed by atoms with E-state index < -0.39 is 18.3 Å². The molecule has 1 unspecified atom stereocenters. The molecule has 70 valence electrons. The van der Waals surface area contributed by atoms with Crippen LogP contribution in [0.25, 0.3) is 0 Å². The van der Waals surface area contributed by atoms with E-state index in [9.17, 15) is 4.79 Å². The van der Waals surface area contributed by atoms with Crippen molar-refractivity contribution in [3.8, 4) is 0 Å². The molecule has 0 fully saturated rings. The van der Waals surface area contributed by atoms with Crippen molar-refractivity contribution < 1.29 is 19.4 Å². The zero-order valence-corrected chi connectivity index (χ0v) is 6.69. The summed E-state index contributed by atoms with van der Waals surface area (Å²) in [5.41, 5.74) is 8.50. The van der Waals surface area contributed by atoms with E-state index in [0.717, 1.165) is 6.08 Å². The van der Waals surface area contributed by atoms with Gasteiger partial charge in [-0.1, -0.05) is 6.58 Å². The zero-order valence-electron chi connectivity index (χ0n) is 6.69. The average molecular weight is 176 g/mol.